The SMILES string of the molecule is CC[C@H](C)N1C(=O)[C@@H]2[C@H](C1=O)[C@@H](C(=O)C(C)(C)C)N1c3c(ccc4cccnc34)C=C[C@@H]21. The Balaban J connectivity index is 1.74. The van der Waals surface area contributed by atoms with Crippen molar-refractivity contribution in [3.05, 3.63) is 42.1 Å². The fraction of sp³-hybridized carbons (Fsp3) is 0.462. The summed E-state index contributed by atoms with van der Waals surface area (Å²) in [6, 6.07) is 6.70. The van der Waals surface area contributed by atoms with Gasteiger partial charge in [-0.15, -0.1) is 0 Å². The van der Waals surface area contributed by atoms with Gasteiger partial charge in [-0.3, -0.25) is 24.3 Å². The van der Waals surface area contributed by atoms with Crippen molar-refractivity contribution in [2.24, 2.45) is 17.3 Å². The lowest BCUT2D eigenvalue weighted by molar-refractivity contribution is -0.144. The highest BCUT2D eigenvalue weighted by Crippen LogP contribution is 2.51. The van der Waals surface area contributed by atoms with Crippen LogP contribution in [0.25, 0.3) is 17.0 Å². The van der Waals surface area contributed by atoms with Gasteiger partial charge in [0.05, 0.1) is 29.1 Å². The normalized spacial score (nSPS) is 27.5. The Morgan fingerprint density at radius 1 is 1.12 bits per heavy atom. The van der Waals surface area contributed by atoms with Crippen molar-refractivity contribution in [3.63, 3.8) is 0 Å². The van der Waals surface area contributed by atoms with Gasteiger partial charge in [0.2, 0.25) is 11.8 Å². The zero-order valence-corrected chi connectivity index (χ0v) is 19.2. The molecule has 2 aromatic rings. The molecule has 166 valence electrons. The number of ketones is 1. The Kier molecular flexibility index (Phi) is 4.56. The molecule has 6 heteroatoms. The summed E-state index contributed by atoms with van der Waals surface area (Å²) in [7, 11) is 0. The molecular formula is C26H29N3O3. The minimum atomic E-state index is -0.702. The number of rotatable bonds is 3. The highest BCUT2D eigenvalue weighted by Gasteiger charge is 2.65. The predicted octanol–water partition coefficient (Wildman–Crippen LogP) is 3.83. The monoisotopic (exact) mass is 431 g/mol. The number of pyridine rings is 1. The van der Waals surface area contributed by atoms with Gasteiger partial charge in [-0.05, 0) is 25.0 Å². The van der Waals surface area contributed by atoms with Crippen LogP contribution in [0.3, 0.4) is 0 Å². The Bertz CT molecular complexity index is 1180. The highest BCUT2D eigenvalue weighted by molar-refractivity contribution is 6.13. The van der Waals surface area contributed by atoms with Crippen LogP contribution in [-0.4, -0.2) is 45.6 Å². The van der Waals surface area contributed by atoms with Crippen LogP contribution in [0.2, 0.25) is 0 Å². The average Bonchev–Trinajstić information content (AvgIpc) is 3.24. The Hall–Kier alpha value is -3.02. The number of aromatic nitrogens is 1. The topological polar surface area (TPSA) is 70.6 Å². The van der Waals surface area contributed by atoms with Crippen LogP contribution < -0.4 is 4.90 Å². The number of hydrogen-bond donors (Lipinski definition) is 0. The summed E-state index contributed by atoms with van der Waals surface area (Å²) in [5.41, 5.74) is 1.95. The molecule has 0 aliphatic carbocycles. The van der Waals surface area contributed by atoms with Gasteiger partial charge in [0, 0.05) is 23.0 Å². The molecule has 2 fully saturated rings. The van der Waals surface area contributed by atoms with Crippen molar-refractivity contribution in [2.45, 2.75) is 59.2 Å². The first-order valence-electron chi connectivity index (χ1n) is 11.4. The number of likely N-dealkylation sites (tertiary alicyclic amines) is 1. The van der Waals surface area contributed by atoms with Gasteiger partial charge in [0.25, 0.3) is 0 Å². The van der Waals surface area contributed by atoms with Crippen molar-refractivity contribution in [1.29, 1.82) is 0 Å². The Morgan fingerprint density at radius 2 is 1.84 bits per heavy atom. The van der Waals surface area contributed by atoms with Crippen LogP contribution in [0, 0.1) is 17.3 Å². The van der Waals surface area contributed by atoms with Crippen molar-refractivity contribution < 1.29 is 14.4 Å². The number of hydrogen-bond acceptors (Lipinski definition) is 5. The number of carbonyl (C=O) groups excluding carboxylic acids is 3. The zero-order chi connectivity index (χ0) is 22.9. The largest absolute Gasteiger partial charge is 0.351 e. The summed E-state index contributed by atoms with van der Waals surface area (Å²) in [5.74, 6) is -1.63. The lowest BCUT2D eigenvalue weighted by Gasteiger charge is -2.39. The molecule has 3 aliphatic rings. The van der Waals surface area contributed by atoms with Crippen LogP contribution in [-0.2, 0) is 14.4 Å². The first-order chi connectivity index (χ1) is 15.2. The van der Waals surface area contributed by atoms with Crippen molar-refractivity contribution in [1.82, 2.24) is 9.88 Å². The summed E-state index contributed by atoms with van der Waals surface area (Å²) < 4.78 is 0. The molecule has 32 heavy (non-hydrogen) atoms. The number of Topliss-reactive ketones (excluding diaryl/α,β-unsaturated/α-hetero) is 1. The van der Waals surface area contributed by atoms with E-state index in [1.807, 2.05) is 75.9 Å². The number of anilines is 1. The highest BCUT2D eigenvalue weighted by atomic mass is 16.2. The number of imide groups is 1. The summed E-state index contributed by atoms with van der Waals surface area (Å²) in [6.07, 6.45) is 6.44. The van der Waals surface area contributed by atoms with Gasteiger partial charge in [-0.25, -0.2) is 0 Å². The van der Waals surface area contributed by atoms with Gasteiger partial charge >= 0.3 is 0 Å². The lowest BCUT2D eigenvalue weighted by Crippen LogP contribution is -2.52. The van der Waals surface area contributed by atoms with E-state index in [0.29, 0.717) is 6.42 Å². The van der Waals surface area contributed by atoms with E-state index in [2.05, 4.69) is 4.98 Å². The third-order valence-corrected chi connectivity index (χ3v) is 7.31. The van der Waals surface area contributed by atoms with Gasteiger partial charge in [-0.2, -0.15) is 0 Å². The fourth-order valence-corrected chi connectivity index (χ4v) is 5.56. The van der Waals surface area contributed by atoms with Crippen LogP contribution in [0.4, 0.5) is 5.69 Å². The van der Waals surface area contributed by atoms with Gasteiger partial charge in [0.1, 0.15) is 6.04 Å². The van der Waals surface area contributed by atoms with E-state index in [4.69, 9.17) is 0 Å². The second-order valence-electron chi connectivity index (χ2n) is 10.2. The number of carbonyl (C=O) groups is 3. The molecule has 0 bridgehead atoms. The molecule has 0 saturated carbocycles. The van der Waals surface area contributed by atoms with Crippen LogP contribution in [0.1, 0.15) is 46.6 Å². The summed E-state index contributed by atoms with van der Waals surface area (Å²) in [4.78, 5) is 49.1. The third-order valence-electron chi connectivity index (χ3n) is 7.31. The first kappa shape index (κ1) is 20.9. The second kappa shape index (κ2) is 6.99. The molecule has 5 rings (SSSR count). The van der Waals surface area contributed by atoms with Crippen LogP contribution >= 0.6 is 0 Å². The molecule has 3 aliphatic heterocycles. The molecule has 6 nitrogen and oxygen atoms in total. The summed E-state index contributed by atoms with van der Waals surface area (Å²) >= 11 is 0. The molecule has 0 unspecified atom stereocenters. The molecule has 2 amide bonds. The predicted molar refractivity (Wildman–Crippen MR) is 124 cm³/mol. The molecule has 1 aromatic carbocycles. The van der Waals surface area contributed by atoms with Crippen molar-refractivity contribution >= 4 is 40.3 Å². The molecule has 4 heterocycles. The quantitative estimate of drug-likeness (QED) is 0.691. The van der Waals surface area contributed by atoms with Crippen molar-refractivity contribution in [2.75, 3.05) is 4.90 Å². The van der Waals surface area contributed by atoms with E-state index >= 15 is 0 Å². The number of amides is 2. The Labute approximate surface area is 188 Å². The standard InChI is InChI=1S/C26H29N3O3/c1-6-14(2)28-24(31)18-17-12-11-16-10-9-15-8-7-13-27-20(15)21(16)29(17)22(19(18)25(28)32)23(30)26(3,4)5/h7-14,17-19,22H,6H2,1-5H3/t14-,17-,18-,19-,22-/m0/s1. The molecule has 2 saturated heterocycles. The zero-order valence-electron chi connectivity index (χ0n) is 19.2. The fourth-order valence-electron chi connectivity index (χ4n) is 5.56. The third kappa shape index (κ3) is 2.71. The van der Waals surface area contributed by atoms with E-state index in [1.54, 1.807) is 6.20 Å². The van der Waals surface area contributed by atoms with E-state index in [-0.39, 0.29) is 29.7 Å². The molecule has 0 radical (unpaired) electrons. The van der Waals surface area contributed by atoms with Gasteiger partial charge < -0.3 is 4.90 Å². The maximum atomic E-state index is 13.8. The molecule has 1 aromatic heterocycles. The number of nitrogens with zero attached hydrogens (tertiary/aromatic N) is 3. The van der Waals surface area contributed by atoms with E-state index in [1.165, 1.54) is 4.90 Å². The van der Waals surface area contributed by atoms with Gasteiger partial charge in [0.15, 0.2) is 5.78 Å². The van der Waals surface area contributed by atoms with E-state index in [0.717, 1.165) is 22.2 Å². The van der Waals surface area contributed by atoms with Crippen LogP contribution in [0.15, 0.2) is 36.5 Å². The molecular weight excluding hydrogens is 402 g/mol. The summed E-state index contributed by atoms with van der Waals surface area (Å²) in [5, 5.41) is 0.971. The molecule has 5 atom stereocenters. The number of fused-ring (bicyclic) bond motifs is 7. The van der Waals surface area contributed by atoms with E-state index < -0.39 is 23.3 Å². The smallest absolute Gasteiger partial charge is 0.235 e. The molecule has 0 N–H and O–H groups in total. The minimum Gasteiger partial charge on any atom is -0.351 e. The maximum absolute atomic E-state index is 13.8. The first-order valence-corrected chi connectivity index (χ1v) is 11.4. The minimum absolute atomic E-state index is 0.0173. The summed E-state index contributed by atoms with van der Waals surface area (Å²) in [6.45, 7) is 9.52. The number of benzene rings is 1. The average molecular weight is 432 g/mol. The maximum Gasteiger partial charge on any atom is 0.235 e. The Morgan fingerprint density at radius 3 is 2.53 bits per heavy atom. The lowest BCUT2D eigenvalue weighted by atomic mass is 9.79. The molecule has 0 spiro atoms. The van der Waals surface area contributed by atoms with Gasteiger partial charge in [-0.1, -0.05) is 58.0 Å². The van der Waals surface area contributed by atoms with Crippen molar-refractivity contribution in [3.8, 4) is 0 Å². The van der Waals surface area contributed by atoms with E-state index in [9.17, 15) is 14.4 Å². The second-order valence-corrected chi connectivity index (χ2v) is 10.2. The van der Waals surface area contributed by atoms with Crippen LogP contribution in [0.5, 0.6) is 0 Å².